The van der Waals surface area contributed by atoms with Crippen molar-refractivity contribution < 1.29 is 18.7 Å². The van der Waals surface area contributed by atoms with Gasteiger partial charge in [0.25, 0.3) is 0 Å². The highest BCUT2D eigenvalue weighted by Gasteiger charge is 2.24. The average molecular weight is 362 g/mol. The maximum atomic E-state index is 13.5. The average Bonchev–Trinajstić information content (AvgIpc) is 3.19. The Morgan fingerprint density at radius 1 is 1.32 bits per heavy atom. The maximum absolute atomic E-state index is 13.5. The lowest BCUT2D eigenvalue weighted by atomic mass is 10.1. The number of aromatic nitrogens is 2. The quantitative estimate of drug-likeness (QED) is 0.698. The third-order valence-corrected chi connectivity index (χ3v) is 4.65. The minimum absolute atomic E-state index is 0.114. The molecule has 1 N–H and O–H groups in total. The van der Waals surface area contributed by atoms with Gasteiger partial charge in [0.1, 0.15) is 10.7 Å². The number of halogens is 2. The lowest BCUT2D eigenvalue weighted by molar-refractivity contribution is 0.0686. The van der Waals surface area contributed by atoms with Gasteiger partial charge in [0.2, 0.25) is 0 Å². The smallest absolute Gasteiger partial charge is 0.353 e. The topological polar surface area (TPSA) is 55.1 Å². The van der Waals surface area contributed by atoms with Gasteiger partial charge < -0.3 is 9.67 Å². The van der Waals surface area contributed by atoms with E-state index in [1.165, 1.54) is 17.4 Å². The van der Waals surface area contributed by atoms with Gasteiger partial charge in [-0.15, -0.1) is 11.3 Å². The molecule has 0 spiro atoms. The molecular formula is C18H16F2N2O2S. The molecule has 1 aromatic carbocycles. The van der Waals surface area contributed by atoms with E-state index < -0.39 is 17.6 Å². The molecule has 2 heterocycles. The minimum Gasteiger partial charge on any atom is -0.477 e. The normalized spacial score (nSPS) is 11.0. The molecule has 25 heavy (non-hydrogen) atoms. The van der Waals surface area contributed by atoms with E-state index in [2.05, 4.69) is 4.98 Å². The third kappa shape index (κ3) is 3.46. The molecule has 0 atom stereocenters. The van der Waals surface area contributed by atoms with Crippen molar-refractivity contribution in [3.05, 3.63) is 64.4 Å². The number of hydrogen-bond acceptors (Lipinski definition) is 3. The molecule has 0 fully saturated rings. The fourth-order valence-corrected chi connectivity index (χ4v) is 3.56. The maximum Gasteiger partial charge on any atom is 0.353 e. The second-order valence-electron chi connectivity index (χ2n) is 5.65. The summed E-state index contributed by atoms with van der Waals surface area (Å²) >= 11 is 1.37. The molecule has 0 amide bonds. The lowest BCUT2D eigenvalue weighted by Gasteiger charge is -2.08. The van der Waals surface area contributed by atoms with Crippen molar-refractivity contribution in [2.45, 2.75) is 26.3 Å². The number of carboxylic acids is 1. The molecule has 0 saturated carbocycles. The van der Waals surface area contributed by atoms with Gasteiger partial charge in [0.15, 0.2) is 11.6 Å². The zero-order valence-corrected chi connectivity index (χ0v) is 14.3. The number of rotatable bonds is 6. The molecular weight excluding hydrogens is 346 g/mol. The van der Waals surface area contributed by atoms with Crippen molar-refractivity contribution in [1.29, 1.82) is 0 Å². The first-order valence-corrected chi connectivity index (χ1v) is 8.68. The number of benzene rings is 1. The van der Waals surface area contributed by atoms with Crippen LogP contribution < -0.4 is 0 Å². The van der Waals surface area contributed by atoms with Gasteiger partial charge in [0, 0.05) is 29.9 Å². The van der Waals surface area contributed by atoms with Crippen LogP contribution in [-0.2, 0) is 13.0 Å². The van der Waals surface area contributed by atoms with Gasteiger partial charge in [0.05, 0.1) is 0 Å². The summed E-state index contributed by atoms with van der Waals surface area (Å²) in [7, 11) is 0. The van der Waals surface area contributed by atoms with Crippen LogP contribution in [0.15, 0.2) is 36.0 Å². The Bertz CT molecular complexity index is 904. The second kappa shape index (κ2) is 7.14. The van der Waals surface area contributed by atoms with Crippen molar-refractivity contribution in [2.75, 3.05) is 0 Å². The highest BCUT2D eigenvalue weighted by molar-refractivity contribution is 7.13. The predicted molar refractivity (Wildman–Crippen MR) is 92.0 cm³/mol. The van der Waals surface area contributed by atoms with E-state index in [9.17, 15) is 18.7 Å². The van der Waals surface area contributed by atoms with Gasteiger partial charge in [-0.25, -0.2) is 18.6 Å². The van der Waals surface area contributed by atoms with E-state index in [1.807, 2.05) is 6.92 Å². The fourth-order valence-electron chi connectivity index (χ4n) is 2.85. The summed E-state index contributed by atoms with van der Waals surface area (Å²) in [5.74, 6) is -2.95. The molecule has 130 valence electrons. The number of carbonyl (C=O) groups is 1. The number of nitrogens with zero attached hydrogens (tertiary/aromatic N) is 2. The molecule has 0 aliphatic rings. The molecule has 7 heteroatoms. The van der Waals surface area contributed by atoms with Crippen LogP contribution in [0.5, 0.6) is 0 Å². The Morgan fingerprint density at radius 2 is 2.12 bits per heavy atom. The van der Waals surface area contributed by atoms with Crippen molar-refractivity contribution in [1.82, 2.24) is 9.55 Å². The molecule has 0 saturated heterocycles. The van der Waals surface area contributed by atoms with Crippen LogP contribution in [0.2, 0.25) is 0 Å². The molecule has 0 radical (unpaired) electrons. The summed E-state index contributed by atoms with van der Waals surface area (Å²) in [5.41, 5.74) is 2.10. The van der Waals surface area contributed by atoms with Crippen LogP contribution in [0.3, 0.4) is 0 Å². The third-order valence-electron chi connectivity index (χ3n) is 3.86. The zero-order valence-electron chi connectivity index (χ0n) is 13.5. The summed E-state index contributed by atoms with van der Waals surface area (Å²) in [6.45, 7) is 2.15. The Balaban J connectivity index is 2.11. The van der Waals surface area contributed by atoms with E-state index in [-0.39, 0.29) is 12.2 Å². The van der Waals surface area contributed by atoms with E-state index in [0.717, 1.165) is 24.1 Å². The Kier molecular flexibility index (Phi) is 4.94. The Hall–Kier alpha value is -2.54. The molecule has 0 unspecified atom stereocenters. The number of thiazole rings is 1. The van der Waals surface area contributed by atoms with E-state index in [0.29, 0.717) is 22.6 Å². The van der Waals surface area contributed by atoms with Crippen LogP contribution >= 0.6 is 11.3 Å². The number of aromatic carboxylic acids is 1. The highest BCUT2D eigenvalue weighted by Crippen LogP contribution is 2.32. The monoisotopic (exact) mass is 362 g/mol. The van der Waals surface area contributed by atoms with E-state index in [1.54, 1.807) is 22.3 Å². The van der Waals surface area contributed by atoms with Crippen LogP contribution in [-0.4, -0.2) is 20.6 Å². The molecule has 0 aliphatic carbocycles. The number of hydrogen-bond donors (Lipinski definition) is 1. The molecule has 4 nitrogen and oxygen atoms in total. The summed E-state index contributed by atoms with van der Waals surface area (Å²) in [5, 5.41) is 12.2. The Morgan fingerprint density at radius 3 is 2.72 bits per heavy atom. The molecule has 3 aromatic rings. The van der Waals surface area contributed by atoms with Gasteiger partial charge in [-0.05, 0) is 29.7 Å². The minimum atomic E-state index is -1.07. The van der Waals surface area contributed by atoms with Crippen molar-refractivity contribution >= 4 is 17.3 Å². The van der Waals surface area contributed by atoms with Crippen LogP contribution in [0, 0.1) is 11.6 Å². The lowest BCUT2D eigenvalue weighted by Crippen LogP contribution is -2.10. The Labute approximate surface area is 147 Å². The van der Waals surface area contributed by atoms with Gasteiger partial charge in [-0.2, -0.15) is 0 Å². The fraction of sp³-hybridized carbons (Fsp3) is 0.222. The molecule has 0 aliphatic heterocycles. The number of aryl methyl sites for hydroxylation is 1. The first-order valence-electron chi connectivity index (χ1n) is 7.80. The van der Waals surface area contributed by atoms with Gasteiger partial charge in [-0.3, -0.25) is 0 Å². The summed E-state index contributed by atoms with van der Waals surface area (Å²) in [4.78, 5) is 16.1. The van der Waals surface area contributed by atoms with Crippen LogP contribution in [0.4, 0.5) is 8.78 Å². The SMILES string of the molecule is CCCc1cn(Cc2ccc(F)c(F)c2)c(C(=O)O)c1-c1nccs1. The van der Waals surface area contributed by atoms with Crippen molar-refractivity contribution in [3.8, 4) is 10.6 Å². The van der Waals surface area contributed by atoms with Gasteiger partial charge >= 0.3 is 5.97 Å². The second-order valence-corrected chi connectivity index (χ2v) is 6.54. The predicted octanol–water partition coefficient (Wildman–Crippen LogP) is 4.59. The van der Waals surface area contributed by atoms with Crippen molar-refractivity contribution in [2.24, 2.45) is 0 Å². The van der Waals surface area contributed by atoms with E-state index in [4.69, 9.17) is 0 Å². The highest BCUT2D eigenvalue weighted by atomic mass is 32.1. The molecule has 0 bridgehead atoms. The summed E-state index contributed by atoms with van der Waals surface area (Å²) in [6.07, 6.45) is 4.96. The van der Waals surface area contributed by atoms with Crippen molar-refractivity contribution in [3.63, 3.8) is 0 Å². The summed E-state index contributed by atoms with van der Waals surface area (Å²) in [6, 6.07) is 3.58. The summed E-state index contributed by atoms with van der Waals surface area (Å²) < 4.78 is 28.1. The van der Waals surface area contributed by atoms with E-state index >= 15 is 0 Å². The molecule has 2 aromatic heterocycles. The van der Waals surface area contributed by atoms with Crippen LogP contribution in [0.1, 0.15) is 35.0 Å². The standard InChI is InChI=1S/C18H16F2N2O2S/c1-2-3-12-10-22(9-11-4-5-13(19)14(20)8-11)16(18(23)24)15(12)17-21-6-7-25-17/h4-8,10H,2-3,9H2,1H3,(H,23,24). The van der Waals surface area contributed by atoms with Gasteiger partial charge in [-0.1, -0.05) is 19.4 Å². The van der Waals surface area contributed by atoms with Crippen LogP contribution in [0.25, 0.3) is 10.6 Å². The number of carboxylic acid groups (broad SMARTS) is 1. The molecule has 3 rings (SSSR count). The first-order chi connectivity index (χ1) is 12.0. The zero-order chi connectivity index (χ0) is 18.0. The first kappa shape index (κ1) is 17.3. The largest absolute Gasteiger partial charge is 0.477 e.